The SMILES string of the molecule is CCCC/C=C\CCCCCCCC(=O)OCCCCCCCCCCCCCCCCCCCCCCCCCCCCCCCC(=O)NC(CO)C(O)CCCCCCCCCCCCCC. The third kappa shape index (κ3) is 55.8. The van der Waals surface area contributed by atoms with Crippen molar-refractivity contribution in [1.29, 1.82) is 0 Å². The average molecular weight is 975 g/mol. The van der Waals surface area contributed by atoms with Gasteiger partial charge in [0.2, 0.25) is 5.91 Å². The number of hydrogen-bond donors (Lipinski definition) is 3. The van der Waals surface area contributed by atoms with E-state index in [0.29, 0.717) is 25.9 Å². The first-order valence-electron chi connectivity index (χ1n) is 31.4. The first-order valence-corrected chi connectivity index (χ1v) is 31.4. The number of carbonyl (C=O) groups excluding carboxylic acids is 2. The fourth-order valence-electron chi connectivity index (χ4n) is 9.98. The zero-order valence-corrected chi connectivity index (χ0v) is 46.8. The van der Waals surface area contributed by atoms with Gasteiger partial charge in [-0.25, -0.2) is 0 Å². The lowest BCUT2D eigenvalue weighted by molar-refractivity contribution is -0.143. The molecule has 0 aromatic rings. The molecule has 0 rings (SSSR count). The highest BCUT2D eigenvalue weighted by molar-refractivity contribution is 5.76. The van der Waals surface area contributed by atoms with Crippen LogP contribution in [0.25, 0.3) is 0 Å². The molecule has 0 saturated carbocycles. The van der Waals surface area contributed by atoms with Gasteiger partial charge in [0.25, 0.3) is 0 Å². The molecular formula is C63H123NO5. The molecule has 0 spiro atoms. The van der Waals surface area contributed by atoms with Crippen molar-refractivity contribution in [3.05, 3.63) is 12.2 Å². The molecule has 0 radical (unpaired) electrons. The summed E-state index contributed by atoms with van der Waals surface area (Å²) < 4.78 is 5.46. The molecule has 6 nitrogen and oxygen atoms in total. The predicted molar refractivity (Wildman–Crippen MR) is 301 cm³/mol. The summed E-state index contributed by atoms with van der Waals surface area (Å²) in [6.45, 7) is 4.93. The van der Waals surface area contributed by atoms with Crippen LogP contribution in [0.1, 0.15) is 354 Å². The molecule has 1 amide bonds. The molecule has 0 aromatic carbocycles. The topological polar surface area (TPSA) is 95.9 Å². The van der Waals surface area contributed by atoms with Crippen molar-refractivity contribution in [2.24, 2.45) is 0 Å². The van der Waals surface area contributed by atoms with Gasteiger partial charge in [-0.3, -0.25) is 9.59 Å². The Morgan fingerprint density at radius 3 is 1.07 bits per heavy atom. The first kappa shape index (κ1) is 67.6. The highest BCUT2D eigenvalue weighted by atomic mass is 16.5. The van der Waals surface area contributed by atoms with E-state index in [4.69, 9.17) is 4.74 Å². The number of aliphatic hydroxyl groups excluding tert-OH is 2. The molecule has 0 heterocycles. The molecule has 0 bridgehead atoms. The van der Waals surface area contributed by atoms with Crippen molar-refractivity contribution in [3.63, 3.8) is 0 Å². The molecule has 2 atom stereocenters. The Bertz CT molecular complexity index is 1030. The lowest BCUT2D eigenvalue weighted by Crippen LogP contribution is -2.45. The number of carbonyl (C=O) groups is 2. The monoisotopic (exact) mass is 974 g/mol. The largest absolute Gasteiger partial charge is 0.466 e. The standard InChI is InChI=1S/C63H123NO5/c1-3-5-7-9-11-13-15-36-39-43-47-51-55-61(66)60(59-65)64-62(67)56-52-48-44-40-37-33-31-29-27-25-23-21-19-17-16-18-20-22-24-26-28-30-32-34-38-42-46-50-54-58-69-63(68)57-53-49-45-41-35-14-12-10-8-6-4-2/h10,12,60-61,65-66H,3-9,11,13-59H2,1-2H3,(H,64,67)/b12-10-. The lowest BCUT2D eigenvalue weighted by Gasteiger charge is -2.22. The van der Waals surface area contributed by atoms with Gasteiger partial charge in [-0.1, -0.05) is 309 Å². The van der Waals surface area contributed by atoms with Crippen molar-refractivity contribution in [3.8, 4) is 0 Å². The van der Waals surface area contributed by atoms with Crippen LogP contribution in [0.5, 0.6) is 0 Å². The second-order valence-corrected chi connectivity index (χ2v) is 21.7. The van der Waals surface area contributed by atoms with E-state index in [0.717, 1.165) is 44.9 Å². The van der Waals surface area contributed by atoms with Crippen LogP contribution >= 0.6 is 0 Å². The Labute approximate surface area is 431 Å². The van der Waals surface area contributed by atoms with Gasteiger partial charge in [-0.05, 0) is 44.9 Å². The maximum Gasteiger partial charge on any atom is 0.305 e. The second kappa shape index (κ2) is 59.2. The summed E-state index contributed by atoms with van der Waals surface area (Å²) >= 11 is 0. The lowest BCUT2D eigenvalue weighted by atomic mass is 10.0. The summed E-state index contributed by atoms with van der Waals surface area (Å²) in [7, 11) is 0. The molecular weight excluding hydrogens is 851 g/mol. The summed E-state index contributed by atoms with van der Waals surface area (Å²) in [5, 5.41) is 23.2. The number of amides is 1. The number of allylic oxidation sites excluding steroid dienone is 2. The van der Waals surface area contributed by atoms with Crippen molar-refractivity contribution < 1.29 is 24.5 Å². The zero-order valence-electron chi connectivity index (χ0n) is 46.8. The maximum absolute atomic E-state index is 12.5. The number of hydrogen-bond acceptors (Lipinski definition) is 5. The maximum atomic E-state index is 12.5. The van der Waals surface area contributed by atoms with Crippen molar-refractivity contribution in [1.82, 2.24) is 5.32 Å². The van der Waals surface area contributed by atoms with E-state index in [9.17, 15) is 19.8 Å². The van der Waals surface area contributed by atoms with Gasteiger partial charge in [-0.2, -0.15) is 0 Å². The summed E-state index contributed by atoms with van der Waals surface area (Å²) in [4.78, 5) is 24.4. The molecule has 3 N–H and O–H groups in total. The predicted octanol–water partition coefficient (Wildman–Crippen LogP) is 19.6. The van der Waals surface area contributed by atoms with Crippen LogP contribution in [0.3, 0.4) is 0 Å². The van der Waals surface area contributed by atoms with Crippen LogP contribution in [0.4, 0.5) is 0 Å². The number of aliphatic hydroxyl groups is 2. The van der Waals surface area contributed by atoms with Crippen LogP contribution in [0.15, 0.2) is 12.2 Å². The minimum Gasteiger partial charge on any atom is -0.466 e. The smallest absolute Gasteiger partial charge is 0.305 e. The molecule has 6 heteroatoms. The van der Waals surface area contributed by atoms with E-state index in [1.54, 1.807) is 0 Å². The summed E-state index contributed by atoms with van der Waals surface area (Å²) in [6, 6.07) is -0.536. The highest BCUT2D eigenvalue weighted by Crippen LogP contribution is 2.18. The van der Waals surface area contributed by atoms with Gasteiger partial charge in [-0.15, -0.1) is 0 Å². The third-order valence-electron chi connectivity index (χ3n) is 14.8. The van der Waals surface area contributed by atoms with Crippen molar-refractivity contribution >= 4 is 11.9 Å². The normalized spacial score (nSPS) is 12.6. The van der Waals surface area contributed by atoms with Gasteiger partial charge in [0, 0.05) is 12.8 Å². The van der Waals surface area contributed by atoms with E-state index in [2.05, 4.69) is 31.3 Å². The third-order valence-corrected chi connectivity index (χ3v) is 14.8. The number of rotatable bonds is 59. The van der Waals surface area contributed by atoms with Gasteiger partial charge < -0.3 is 20.3 Å². The van der Waals surface area contributed by atoms with E-state index in [1.807, 2.05) is 0 Å². The van der Waals surface area contributed by atoms with Crippen LogP contribution < -0.4 is 5.32 Å². The van der Waals surface area contributed by atoms with Crippen molar-refractivity contribution in [2.45, 2.75) is 366 Å². The summed E-state index contributed by atoms with van der Waals surface area (Å²) in [6.07, 6.45) is 71.0. The van der Waals surface area contributed by atoms with Gasteiger partial charge in [0.05, 0.1) is 25.4 Å². The first-order chi connectivity index (χ1) is 34.0. The molecule has 410 valence electrons. The number of esters is 1. The van der Waals surface area contributed by atoms with Crippen LogP contribution in [-0.2, 0) is 14.3 Å². The van der Waals surface area contributed by atoms with Crippen molar-refractivity contribution in [2.75, 3.05) is 13.2 Å². The van der Waals surface area contributed by atoms with E-state index < -0.39 is 12.1 Å². The van der Waals surface area contributed by atoms with E-state index in [-0.39, 0.29) is 18.5 Å². The Morgan fingerprint density at radius 2 is 0.696 bits per heavy atom. The molecule has 0 aromatic heterocycles. The number of ether oxygens (including phenoxy) is 1. The summed E-state index contributed by atoms with van der Waals surface area (Å²) in [5.41, 5.74) is 0. The molecule has 2 unspecified atom stereocenters. The van der Waals surface area contributed by atoms with Crippen LogP contribution in [0.2, 0.25) is 0 Å². The minimum absolute atomic E-state index is 0.00873. The van der Waals surface area contributed by atoms with Crippen LogP contribution in [0, 0.1) is 0 Å². The molecule has 0 fully saturated rings. The Morgan fingerprint density at radius 1 is 0.391 bits per heavy atom. The highest BCUT2D eigenvalue weighted by Gasteiger charge is 2.20. The fraction of sp³-hybridized carbons (Fsp3) is 0.937. The average Bonchev–Trinajstić information content (AvgIpc) is 3.35. The Hall–Kier alpha value is -1.40. The quantitative estimate of drug-likeness (QED) is 0.0321. The molecule has 69 heavy (non-hydrogen) atoms. The van der Waals surface area contributed by atoms with Gasteiger partial charge in [0.15, 0.2) is 0 Å². The zero-order chi connectivity index (χ0) is 50.0. The van der Waals surface area contributed by atoms with Crippen LogP contribution in [-0.4, -0.2) is 47.4 Å². The molecule has 0 aliphatic rings. The minimum atomic E-state index is -0.659. The Balaban J connectivity index is 3.32. The van der Waals surface area contributed by atoms with Gasteiger partial charge in [0.1, 0.15) is 0 Å². The molecule has 0 aliphatic carbocycles. The number of nitrogens with one attached hydrogen (secondary N) is 1. The fourth-order valence-corrected chi connectivity index (χ4v) is 9.98. The summed E-state index contributed by atoms with van der Waals surface area (Å²) in [5.74, 6) is -0.0215. The number of unbranched alkanes of at least 4 members (excludes halogenated alkanes) is 46. The second-order valence-electron chi connectivity index (χ2n) is 21.7. The molecule has 0 saturated heterocycles. The van der Waals surface area contributed by atoms with E-state index >= 15 is 0 Å². The van der Waals surface area contributed by atoms with Gasteiger partial charge >= 0.3 is 5.97 Å². The van der Waals surface area contributed by atoms with E-state index in [1.165, 1.54) is 276 Å². The molecule has 0 aliphatic heterocycles. The Kier molecular flexibility index (Phi) is 58.0.